The van der Waals surface area contributed by atoms with Gasteiger partial charge in [0.1, 0.15) is 5.25 Å². The minimum atomic E-state index is -0.680. The van der Waals surface area contributed by atoms with Crippen LogP contribution in [-0.4, -0.2) is 39.9 Å². The SMILES string of the molecule is COc1cc(C2=CC3NC(=O)N(c4cncc5ccc(=O)n(C)c45)C(=O)C3S2)c(Cl)cc1F. The summed E-state index contributed by atoms with van der Waals surface area (Å²) in [6, 6.07) is 4.38. The third-order valence-corrected chi connectivity index (χ3v) is 7.29. The van der Waals surface area contributed by atoms with Crippen LogP contribution in [0.3, 0.4) is 0 Å². The molecule has 2 unspecified atom stereocenters. The number of nitrogens with one attached hydrogen (secondary N) is 1. The largest absolute Gasteiger partial charge is 0.494 e. The van der Waals surface area contributed by atoms with E-state index in [0.29, 0.717) is 21.4 Å². The lowest BCUT2D eigenvalue weighted by molar-refractivity contribution is -0.118. The summed E-state index contributed by atoms with van der Waals surface area (Å²) in [6.07, 6.45) is 4.66. The standard InChI is InChI=1S/C22H16ClFN4O4S/c1-27-18(29)4-3-10-8-25-9-15(19(10)27)28-21(30)20-14(26-22(28)31)7-17(33-20)11-5-16(32-2)13(24)6-12(11)23/h3-9,14,20H,1-2H3,(H,26,31). The molecule has 0 spiro atoms. The van der Waals surface area contributed by atoms with Crippen LogP contribution in [0, 0.1) is 5.82 Å². The molecule has 2 aliphatic heterocycles. The molecule has 4 heterocycles. The van der Waals surface area contributed by atoms with Crippen LogP contribution < -0.4 is 20.5 Å². The number of halogens is 2. The highest BCUT2D eigenvalue weighted by Crippen LogP contribution is 2.45. The molecule has 168 valence electrons. The first-order valence-corrected chi connectivity index (χ1v) is 11.1. The summed E-state index contributed by atoms with van der Waals surface area (Å²) < 4.78 is 20.4. The Hall–Kier alpha value is -3.37. The van der Waals surface area contributed by atoms with Crippen LogP contribution >= 0.6 is 23.4 Å². The minimum Gasteiger partial charge on any atom is -0.494 e. The molecule has 11 heteroatoms. The van der Waals surface area contributed by atoms with Gasteiger partial charge in [-0.1, -0.05) is 11.6 Å². The topological polar surface area (TPSA) is 93.5 Å². The van der Waals surface area contributed by atoms with Crippen molar-refractivity contribution in [3.05, 3.63) is 69.5 Å². The molecule has 2 aromatic heterocycles. The zero-order chi connectivity index (χ0) is 23.4. The number of thioether (sulfide) groups is 1. The number of anilines is 1. The van der Waals surface area contributed by atoms with Crippen molar-refractivity contribution in [3.8, 4) is 5.75 Å². The highest BCUT2D eigenvalue weighted by atomic mass is 35.5. The fraction of sp³-hybridized carbons (Fsp3) is 0.182. The van der Waals surface area contributed by atoms with E-state index in [4.69, 9.17) is 16.3 Å². The van der Waals surface area contributed by atoms with Crippen LogP contribution in [0.5, 0.6) is 5.75 Å². The van der Waals surface area contributed by atoms with Gasteiger partial charge in [0.2, 0.25) is 0 Å². The number of aryl methyl sites for hydroxylation is 1. The van der Waals surface area contributed by atoms with Gasteiger partial charge in [0.05, 0.1) is 35.6 Å². The predicted octanol–water partition coefficient (Wildman–Crippen LogP) is 3.32. The third-order valence-electron chi connectivity index (χ3n) is 5.61. The van der Waals surface area contributed by atoms with Crippen molar-refractivity contribution in [2.24, 2.45) is 7.05 Å². The Morgan fingerprint density at radius 3 is 2.76 bits per heavy atom. The zero-order valence-electron chi connectivity index (χ0n) is 17.3. The summed E-state index contributed by atoms with van der Waals surface area (Å²) >= 11 is 7.46. The van der Waals surface area contributed by atoms with E-state index in [1.807, 2.05) is 0 Å². The van der Waals surface area contributed by atoms with Crippen molar-refractivity contribution < 1.29 is 18.7 Å². The molecule has 8 nitrogen and oxygen atoms in total. The smallest absolute Gasteiger partial charge is 0.329 e. The molecule has 33 heavy (non-hydrogen) atoms. The van der Waals surface area contributed by atoms with Gasteiger partial charge in [-0.2, -0.15) is 0 Å². The Morgan fingerprint density at radius 2 is 2.00 bits per heavy atom. The number of fused-ring (bicyclic) bond motifs is 2. The first-order valence-electron chi connectivity index (χ1n) is 9.80. The van der Waals surface area contributed by atoms with Gasteiger partial charge in [-0.3, -0.25) is 14.6 Å². The van der Waals surface area contributed by atoms with E-state index in [2.05, 4.69) is 10.3 Å². The summed E-state index contributed by atoms with van der Waals surface area (Å²) in [7, 11) is 2.91. The number of nitrogens with zero attached hydrogens (tertiary/aromatic N) is 3. The molecule has 5 rings (SSSR count). The molecule has 0 radical (unpaired) electrons. The van der Waals surface area contributed by atoms with Crippen LogP contribution in [0.1, 0.15) is 5.56 Å². The zero-order valence-corrected chi connectivity index (χ0v) is 18.9. The van der Waals surface area contributed by atoms with Crippen molar-refractivity contribution in [3.63, 3.8) is 0 Å². The van der Waals surface area contributed by atoms with Crippen LogP contribution in [0.2, 0.25) is 5.02 Å². The first-order chi connectivity index (χ1) is 15.8. The predicted molar refractivity (Wildman–Crippen MR) is 124 cm³/mol. The molecule has 1 saturated heterocycles. The van der Waals surface area contributed by atoms with Crippen molar-refractivity contribution in [2.45, 2.75) is 11.3 Å². The van der Waals surface area contributed by atoms with Crippen molar-refractivity contribution in [1.82, 2.24) is 14.9 Å². The number of rotatable bonds is 3. The van der Waals surface area contributed by atoms with Gasteiger partial charge in [-0.05, 0) is 24.3 Å². The summed E-state index contributed by atoms with van der Waals surface area (Å²) in [6.45, 7) is 0. The second kappa shape index (κ2) is 7.89. The first kappa shape index (κ1) is 21.5. The average Bonchev–Trinajstić information content (AvgIpc) is 3.20. The molecule has 0 aliphatic carbocycles. The number of aromatic nitrogens is 2. The molecule has 3 amide bonds. The molecule has 0 saturated carbocycles. The number of methoxy groups -OCH3 is 1. The Balaban J connectivity index is 1.54. The average molecular weight is 487 g/mol. The quantitative estimate of drug-likeness (QED) is 0.610. The van der Waals surface area contributed by atoms with Crippen LogP contribution in [0.15, 0.2) is 47.5 Å². The second-order valence-corrected chi connectivity index (χ2v) is 9.10. The van der Waals surface area contributed by atoms with E-state index in [9.17, 15) is 18.8 Å². The van der Waals surface area contributed by atoms with Gasteiger partial charge in [0, 0.05) is 35.2 Å². The monoisotopic (exact) mass is 486 g/mol. The second-order valence-electron chi connectivity index (χ2n) is 7.51. The van der Waals surface area contributed by atoms with Gasteiger partial charge in [0.25, 0.3) is 11.5 Å². The fourth-order valence-corrected chi connectivity index (χ4v) is 5.61. The van der Waals surface area contributed by atoms with E-state index in [1.54, 1.807) is 25.4 Å². The van der Waals surface area contributed by atoms with Gasteiger partial charge < -0.3 is 14.6 Å². The number of carbonyl (C=O) groups excluding carboxylic acids is 2. The number of hydrogen-bond donors (Lipinski definition) is 1. The lowest BCUT2D eigenvalue weighted by atomic mass is 10.1. The maximum absolute atomic E-state index is 14.0. The number of benzene rings is 1. The maximum atomic E-state index is 14.0. The van der Waals surface area contributed by atoms with Gasteiger partial charge in [-0.25, -0.2) is 14.1 Å². The maximum Gasteiger partial charge on any atom is 0.329 e. The summed E-state index contributed by atoms with van der Waals surface area (Å²) in [5, 5.41) is 2.91. The van der Waals surface area contributed by atoms with Gasteiger partial charge in [0.15, 0.2) is 11.6 Å². The van der Waals surface area contributed by atoms with E-state index < -0.39 is 29.0 Å². The number of imide groups is 1. The number of ether oxygens (including phenoxy) is 1. The number of urea groups is 1. The lowest BCUT2D eigenvalue weighted by Gasteiger charge is -2.33. The van der Waals surface area contributed by atoms with Gasteiger partial charge in [-0.15, -0.1) is 11.8 Å². The van der Waals surface area contributed by atoms with Crippen LogP contribution in [0.4, 0.5) is 14.9 Å². The number of pyridine rings is 2. The Morgan fingerprint density at radius 1 is 1.21 bits per heavy atom. The fourth-order valence-electron chi connectivity index (χ4n) is 4.00. The lowest BCUT2D eigenvalue weighted by Crippen LogP contribution is -2.60. The Kier molecular flexibility index (Phi) is 5.13. The van der Waals surface area contributed by atoms with Crippen molar-refractivity contribution in [1.29, 1.82) is 0 Å². The summed E-state index contributed by atoms with van der Waals surface area (Å²) in [4.78, 5) is 44.4. The molecule has 1 fully saturated rings. The highest BCUT2D eigenvalue weighted by molar-refractivity contribution is 8.09. The highest BCUT2D eigenvalue weighted by Gasteiger charge is 2.46. The molecule has 2 atom stereocenters. The number of amides is 3. The third kappa shape index (κ3) is 3.37. The minimum absolute atomic E-state index is 0.0190. The molecular formula is C22H16ClFN4O4S. The van der Waals surface area contributed by atoms with Crippen molar-refractivity contribution >= 4 is 56.8 Å². The van der Waals surface area contributed by atoms with E-state index in [-0.39, 0.29) is 22.0 Å². The van der Waals surface area contributed by atoms with E-state index in [1.165, 1.54) is 41.8 Å². The molecule has 3 aromatic rings. The van der Waals surface area contributed by atoms with Gasteiger partial charge >= 0.3 is 6.03 Å². The van der Waals surface area contributed by atoms with Crippen LogP contribution in [-0.2, 0) is 11.8 Å². The molecule has 1 N–H and O–H groups in total. The Labute approximate surface area is 196 Å². The van der Waals surface area contributed by atoms with Crippen LogP contribution in [0.25, 0.3) is 15.8 Å². The summed E-state index contributed by atoms with van der Waals surface area (Å²) in [5.74, 6) is -1.04. The molecule has 1 aromatic carbocycles. The molecule has 0 bridgehead atoms. The molecule has 2 aliphatic rings. The van der Waals surface area contributed by atoms with E-state index >= 15 is 0 Å². The summed E-state index contributed by atoms with van der Waals surface area (Å²) in [5.41, 5.74) is 0.847. The van der Waals surface area contributed by atoms with Crippen molar-refractivity contribution in [2.75, 3.05) is 12.0 Å². The number of carbonyl (C=O) groups is 2. The number of hydrogen-bond acceptors (Lipinski definition) is 6. The van der Waals surface area contributed by atoms with E-state index in [0.717, 1.165) is 11.0 Å². The normalized spacial score (nSPS) is 20.0. The molecular weight excluding hydrogens is 471 g/mol. The Bertz CT molecular complexity index is 1440.